The predicted octanol–water partition coefficient (Wildman–Crippen LogP) is 0.283. The van der Waals surface area contributed by atoms with Crippen LogP contribution in [0.5, 0.6) is 0 Å². The summed E-state index contributed by atoms with van der Waals surface area (Å²) in [6.45, 7) is 1.34. The molecule has 0 bridgehead atoms. The second kappa shape index (κ2) is 4.62. The Morgan fingerprint density at radius 2 is 2.12 bits per heavy atom. The van der Waals surface area contributed by atoms with Gasteiger partial charge in [-0.15, -0.1) is 5.10 Å². The molecule has 0 amide bonds. The Balaban J connectivity index is 1.60. The number of anilines is 1. The van der Waals surface area contributed by atoms with E-state index in [1.165, 1.54) is 12.8 Å². The topological polar surface area (TPSA) is 74.4 Å². The van der Waals surface area contributed by atoms with Crippen LogP contribution in [-0.4, -0.2) is 40.5 Å². The molecule has 2 N–H and O–H groups in total. The van der Waals surface area contributed by atoms with Gasteiger partial charge >= 0.3 is 6.01 Å². The quantitative estimate of drug-likeness (QED) is 0.711. The molecule has 1 aromatic heterocycles. The zero-order valence-electron chi connectivity index (χ0n) is 9.80. The molecule has 0 saturated heterocycles. The highest BCUT2D eigenvalue weighted by molar-refractivity contribution is 5.29. The lowest BCUT2D eigenvalue weighted by Gasteiger charge is -2.17. The number of aliphatic hydroxyl groups is 1. The van der Waals surface area contributed by atoms with Gasteiger partial charge in [-0.3, -0.25) is 0 Å². The monoisotopic (exact) mass is 238 g/mol. The van der Waals surface area contributed by atoms with Gasteiger partial charge in [0.2, 0.25) is 5.89 Å². The van der Waals surface area contributed by atoms with Crippen LogP contribution < -0.4 is 10.2 Å². The summed E-state index contributed by atoms with van der Waals surface area (Å²) >= 11 is 0. The molecule has 6 nitrogen and oxygen atoms in total. The minimum atomic E-state index is 0.120. The maximum atomic E-state index is 9.02. The van der Waals surface area contributed by atoms with Crippen molar-refractivity contribution in [1.82, 2.24) is 15.5 Å². The average Bonchev–Trinajstić information content (AvgIpc) is 3.23. The Morgan fingerprint density at radius 3 is 2.76 bits per heavy atom. The largest absolute Gasteiger partial charge is 0.407 e. The van der Waals surface area contributed by atoms with Crippen LogP contribution in [0.4, 0.5) is 6.01 Å². The van der Waals surface area contributed by atoms with Crippen molar-refractivity contribution in [2.45, 2.75) is 44.3 Å². The molecule has 1 aromatic rings. The van der Waals surface area contributed by atoms with Gasteiger partial charge < -0.3 is 19.7 Å². The second-order valence-electron chi connectivity index (χ2n) is 4.78. The zero-order chi connectivity index (χ0) is 11.7. The third kappa shape index (κ3) is 2.76. The maximum absolute atomic E-state index is 9.02. The second-order valence-corrected chi connectivity index (χ2v) is 4.78. The van der Waals surface area contributed by atoms with Crippen LogP contribution in [-0.2, 0) is 6.54 Å². The maximum Gasteiger partial charge on any atom is 0.318 e. The van der Waals surface area contributed by atoms with E-state index in [2.05, 4.69) is 15.5 Å². The first-order chi connectivity index (χ1) is 8.36. The molecule has 0 atom stereocenters. The van der Waals surface area contributed by atoms with E-state index >= 15 is 0 Å². The van der Waals surface area contributed by atoms with E-state index in [1.54, 1.807) is 0 Å². The summed E-state index contributed by atoms with van der Waals surface area (Å²) in [6, 6.07) is 1.67. The van der Waals surface area contributed by atoms with Crippen LogP contribution in [0.3, 0.4) is 0 Å². The van der Waals surface area contributed by atoms with E-state index in [4.69, 9.17) is 9.52 Å². The number of aromatic nitrogens is 2. The molecular formula is C11H18N4O2. The van der Waals surface area contributed by atoms with Gasteiger partial charge in [-0.1, -0.05) is 5.10 Å². The summed E-state index contributed by atoms with van der Waals surface area (Å²) in [7, 11) is 0. The fourth-order valence-electron chi connectivity index (χ4n) is 1.88. The number of nitrogens with zero attached hydrogens (tertiary/aromatic N) is 3. The van der Waals surface area contributed by atoms with Gasteiger partial charge in [-0.25, -0.2) is 0 Å². The summed E-state index contributed by atoms with van der Waals surface area (Å²) in [5.74, 6) is 0.635. The standard InChI is InChI=1S/C11H18N4O2/c16-6-5-15(9-3-4-9)11-14-13-10(17-11)7-12-8-1-2-8/h8-9,12,16H,1-7H2. The summed E-state index contributed by atoms with van der Waals surface area (Å²) < 4.78 is 5.61. The van der Waals surface area contributed by atoms with Crippen molar-refractivity contribution in [3.05, 3.63) is 5.89 Å². The summed E-state index contributed by atoms with van der Waals surface area (Å²) in [6.07, 6.45) is 4.80. The van der Waals surface area contributed by atoms with E-state index in [0.29, 0.717) is 37.1 Å². The van der Waals surface area contributed by atoms with Gasteiger partial charge in [0.15, 0.2) is 0 Å². The van der Waals surface area contributed by atoms with Crippen molar-refractivity contribution < 1.29 is 9.52 Å². The summed E-state index contributed by atoms with van der Waals surface area (Å²) in [5.41, 5.74) is 0. The van der Waals surface area contributed by atoms with Gasteiger partial charge in [-0.2, -0.15) is 0 Å². The molecule has 0 aromatic carbocycles. The molecule has 0 aliphatic heterocycles. The van der Waals surface area contributed by atoms with Crippen molar-refractivity contribution in [1.29, 1.82) is 0 Å². The SMILES string of the molecule is OCCN(c1nnc(CNC2CC2)o1)C1CC1. The smallest absolute Gasteiger partial charge is 0.318 e. The van der Waals surface area contributed by atoms with E-state index in [9.17, 15) is 0 Å². The van der Waals surface area contributed by atoms with Gasteiger partial charge in [0.25, 0.3) is 0 Å². The number of hydrogen-bond donors (Lipinski definition) is 2. The highest BCUT2D eigenvalue weighted by atomic mass is 16.4. The van der Waals surface area contributed by atoms with Crippen LogP contribution in [0.25, 0.3) is 0 Å². The molecule has 6 heteroatoms. The molecule has 17 heavy (non-hydrogen) atoms. The van der Waals surface area contributed by atoms with Crippen molar-refractivity contribution in [2.24, 2.45) is 0 Å². The van der Waals surface area contributed by atoms with Crippen LogP contribution in [0, 0.1) is 0 Å². The first-order valence-corrected chi connectivity index (χ1v) is 6.30. The molecule has 2 fully saturated rings. The van der Waals surface area contributed by atoms with Crippen LogP contribution in [0.1, 0.15) is 31.6 Å². The van der Waals surface area contributed by atoms with Crippen LogP contribution in [0.15, 0.2) is 4.42 Å². The first kappa shape index (κ1) is 11.0. The number of nitrogens with one attached hydrogen (secondary N) is 1. The van der Waals surface area contributed by atoms with E-state index in [1.807, 2.05) is 4.90 Å². The molecular weight excluding hydrogens is 220 g/mol. The minimum Gasteiger partial charge on any atom is -0.407 e. The third-order valence-corrected chi connectivity index (χ3v) is 3.15. The first-order valence-electron chi connectivity index (χ1n) is 6.30. The summed E-state index contributed by atoms with van der Waals surface area (Å²) in [5, 5.41) is 20.4. The normalized spacial score (nSPS) is 19.6. The van der Waals surface area contributed by atoms with Gasteiger partial charge in [0.05, 0.1) is 13.2 Å². The van der Waals surface area contributed by atoms with E-state index in [0.717, 1.165) is 12.8 Å². The van der Waals surface area contributed by atoms with Crippen molar-refractivity contribution in [3.8, 4) is 0 Å². The average molecular weight is 238 g/mol. The molecule has 94 valence electrons. The highest BCUT2D eigenvalue weighted by Gasteiger charge is 2.32. The van der Waals surface area contributed by atoms with E-state index in [-0.39, 0.29) is 6.61 Å². The molecule has 2 saturated carbocycles. The van der Waals surface area contributed by atoms with Gasteiger partial charge in [0, 0.05) is 18.6 Å². The Bertz CT molecular complexity index is 373. The number of hydrogen-bond acceptors (Lipinski definition) is 6. The van der Waals surface area contributed by atoms with Crippen LogP contribution in [0.2, 0.25) is 0 Å². The lowest BCUT2D eigenvalue weighted by atomic mass is 10.5. The fraction of sp³-hybridized carbons (Fsp3) is 0.818. The minimum absolute atomic E-state index is 0.120. The van der Waals surface area contributed by atoms with Crippen molar-refractivity contribution >= 4 is 6.01 Å². The Labute approximate surface area is 100 Å². The third-order valence-electron chi connectivity index (χ3n) is 3.15. The molecule has 0 spiro atoms. The molecule has 0 radical (unpaired) electrons. The Morgan fingerprint density at radius 1 is 1.29 bits per heavy atom. The van der Waals surface area contributed by atoms with Crippen LogP contribution >= 0.6 is 0 Å². The van der Waals surface area contributed by atoms with Gasteiger partial charge in [0.1, 0.15) is 0 Å². The van der Waals surface area contributed by atoms with E-state index < -0.39 is 0 Å². The molecule has 1 heterocycles. The molecule has 2 aliphatic rings. The predicted molar refractivity (Wildman–Crippen MR) is 61.6 cm³/mol. The lowest BCUT2D eigenvalue weighted by Crippen LogP contribution is -2.29. The highest BCUT2D eigenvalue weighted by Crippen LogP contribution is 2.30. The fourth-order valence-corrected chi connectivity index (χ4v) is 1.88. The Kier molecular flexibility index (Phi) is 2.98. The molecule has 2 aliphatic carbocycles. The lowest BCUT2D eigenvalue weighted by molar-refractivity contribution is 0.297. The molecule has 0 unspecified atom stereocenters. The number of rotatable bonds is 7. The van der Waals surface area contributed by atoms with Gasteiger partial charge in [-0.05, 0) is 25.7 Å². The molecule has 3 rings (SSSR count). The number of aliphatic hydroxyl groups excluding tert-OH is 1. The van der Waals surface area contributed by atoms with Crippen molar-refractivity contribution in [2.75, 3.05) is 18.1 Å². The Hall–Kier alpha value is -1.14. The summed E-state index contributed by atoms with van der Waals surface area (Å²) in [4.78, 5) is 2.01. The zero-order valence-corrected chi connectivity index (χ0v) is 9.80. The van der Waals surface area contributed by atoms with Crippen molar-refractivity contribution in [3.63, 3.8) is 0 Å².